The van der Waals surface area contributed by atoms with Crippen molar-refractivity contribution in [2.45, 2.75) is 46.0 Å². The molecular formula is C14H28N2O5. The second-order valence-electron chi connectivity index (χ2n) is 4.54. The Kier molecular flexibility index (Phi) is 10.8. The fourth-order valence-corrected chi connectivity index (χ4v) is 1.61. The molecule has 0 fully saturated rings. The molecular weight excluding hydrogens is 276 g/mol. The molecule has 1 unspecified atom stereocenters. The maximum absolute atomic E-state index is 11.7. The predicted molar refractivity (Wildman–Crippen MR) is 79.0 cm³/mol. The van der Waals surface area contributed by atoms with Crippen molar-refractivity contribution in [2.75, 3.05) is 33.4 Å². The normalized spacial score (nSPS) is 15.1. The van der Waals surface area contributed by atoms with Gasteiger partial charge in [0.15, 0.2) is 0 Å². The highest BCUT2D eigenvalue weighted by Crippen LogP contribution is 1.94. The van der Waals surface area contributed by atoms with Gasteiger partial charge in [0.1, 0.15) is 12.2 Å². The molecule has 2 amide bonds. The summed E-state index contributed by atoms with van der Waals surface area (Å²) in [7, 11) is 1.53. The van der Waals surface area contributed by atoms with Gasteiger partial charge >= 0.3 is 0 Å². The number of hydrogen-bond acceptors (Lipinski definition) is 5. The second kappa shape index (κ2) is 11.5. The molecule has 21 heavy (non-hydrogen) atoms. The molecule has 0 heterocycles. The van der Waals surface area contributed by atoms with Gasteiger partial charge in [-0.2, -0.15) is 0 Å². The van der Waals surface area contributed by atoms with Crippen molar-refractivity contribution in [3.05, 3.63) is 0 Å². The number of methoxy groups -OCH3 is 1. The fraction of sp³-hybridized carbons (Fsp3) is 0.857. The Morgan fingerprint density at radius 2 is 1.29 bits per heavy atom. The van der Waals surface area contributed by atoms with E-state index in [1.807, 2.05) is 13.8 Å². The number of carbonyl (C=O) groups excluding carboxylic acids is 2. The van der Waals surface area contributed by atoms with Gasteiger partial charge in [-0.25, -0.2) is 0 Å². The SMILES string of the molecule is CCO[C@@H](C)C(=O)NCC(CNC(=O)[C@@H](C)OCC)OC. The molecule has 0 rings (SSSR count). The highest BCUT2D eigenvalue weighted by molar-refractivity contribution is 5.81. The number of carbonyl (C=O) groups is 2. The van der Waals surface area contributed by atoms with Crippen LogP contribution in [0.25, 0.3) is 0 Å². The first-order chi connectivity index (χ1) is 9.96. The molecule has 0 aromatic rings. The standard InChI is InChI=1S/C14H28N2O5/c1-6-20-10(3)13(17)15-8-12(19-5)9-16-14(18)11(4)21-7-2/h10-12H,6-9H2,1-5H3,(H,15,17)(H,16,18)/t10-,11+,12?. The van der Waals surface area contributed by atoms with Crippen molar-refractivity contribution in [3.63, 3.8) is 0 Å². The molecule has 7 nitrogen and oxygen atoms in total. The van der Waals surface area contributed by atoms with Gasteiger partial charge in [-0.3, -0.25) is 9.59 Å². The van der Waals surface area contributed by atoms with Gasteiger partial charge in [-0.05, 0) is 27.7 Å². The summed E-state index contributed by atoms with van der Waals surface area (Å²) in [6.45, 7) is 8.60. The Balaban J connectivity index is 4.06. The maximum atomic E-state index is 11.7. The minimum absolute atomic E-state index is 0.201. The molecule has 0 aliphatic heterocycles. The number of nitrogens with one attached hydrogen (secondary N) is 2. The largest absolute Gasteiger partial charge is 0.378 e. The van der Waals surface area contributed by atoms with Crippen LogP contribution in [0, 0.1) is 0 Å². The molecule has 0 saturated carbocycles. The van der Waals surface area contributed by atoms with Gasteiger partial charge < -0.3 is 24.8 Å². The first-order valence-electron chi connectivity index (χ1n) is 7.27. The van der Waals surface area contributed by atoms with Gasteiger partial charge in [0, 0.05) is 33.4 Å². The lowest BCUT2D eigenvalue weighted by atomic mass is 10.3. The Hall–Kier alpha value is -1.18. The fourth-order valence-electron chi connectivity index (χ4n) is 1.61. The summed E-state index contributed by atoms with van der Waals surface area (Å²) in [6, 6.07) is 0. The average molecular weight is 304 g/mol. The molecule has 0 aromatic heterocycles. The molecule has 0 aliphatic carbocycles. The van der Waals surface area contributed by atoms with Crippen LogP contribution in [-0.2, 0) is 23.8 Å². The van der Waals surface area contributed by atoms with Crippen molar-refractivity contribution in [3.8, 4) is 0 Å². The third-order valence-corrected chi connectivity index (χ3v) is 2.91. The van der Waals surface area contributed by atoms with Gasteiger partial charge in [0.25, 0.3) is 0 Å². The van der Waals surface area contributed by atoms with Gasteiger partial charge in [-0.1, -0.05) is 0 Å². The highest BCUT2D eigenvalue weighted by atomic mass is 16.5. The second-order valence-corrected chi connectivity index (χ2v) is 4.54. The van der Waals surface area contributed by atoms with E-state index in [2.05, 4.69) is 10.6 Å². The summed E-state index contributed by atoms with van der Waals surface area (Å²) in [4.78, 5) is 23.4. The molecule has 124 valence electrons. The molecule has 0 aliphatic rings. The molecule has 0 bridgehead atoms. The number of rotatable bonds is 11. The smallest absolute Gasteiger partial charge is 0.248 e. The molecule has 0 saturated heterocycles. The van der Waals surface area contributed by atoms with E-state index >= 15 is 0 Å². The van der Waals surface area contributed by atoms with E-state index in [1.165, 1.54) is 7.11 Å². The van der Waals surface area contributed by atoms with Crippen molar-refractivity contribution >= 4 is 11.8 Å². The first-order valence-corrected chi connectivity index (χ1v) is 7.27. The molecule has 0 radical (unpaired) electrons. The van der Waals surface area contributed by atoms with Crippen LogP contribution in [0.15, 0.2) is 0 Å². The molecule has 3 atom stereocenters. The molecule has 0 aromatic carbocycles. The van der Waals surface area contributed by atoms with Crippen LogP contribution < -0.4 is 10.6 Å². The average Bonchev–Trinajstić information content (AvgIpc) is 2.47. The molecule has 2 N–H and O–H groups in total. The van der Waals surface area contributed by atoms with Crippen molar-refractivity contribution in [2.24, 2.45) is 0 Å². The van der Waals surface area contributed by atoms with Crippen LogP contribution in [0.1, 0.15) is 27.7 Å². The highest BCUT2D eigenvalue weighted by Gasteiger charge is 2.17. The van der Waals surface area contributed by atoms with E-state index in [4.69, 9.17) is 14.2 Å². The monoisotopic (exact) mass is 304 g/mol. The summed E-state index contributed by atoms with van der Waals surface area (Å²) in [5.74, 6) is -0.402. The third kappa shape index (κ3) is 8.64. The molecule has 0 spiro atoms. The van der Waals surface area contributed by atoms with Crippen LogP contribution in [0.2, 0.25) is 0 Å². The predicted octanol–water partition coefficient (Wildman–Crippen LogP) is 0.0838. The van der Waals surface area contributed by atoms with Crippen molar-refractivity contribution < 1.29 is 23.8 Å². The number of ether oxygens (including phenoxy) is 3. The third-order valence-electron chi connectivity index (χ3n) is 2.91. The van der Waals surface area contributed by atoms with Gasteiger partial charge in [-0.15, -0.1) is 0 Å². The zero-order chi connectivity index (χ0) is 16.3. The van der Waals surface area contributed by atoms with E-state index in [0.717, 1.165) is 0 Å². The lowest BCUT2D eigenvalue weighted by Crippen LogP contribution is -2.45. The van der Waals surface area contributed by atoms with Crippen LogP contribution >= 0.6 is 0 Å². The number of hydrogen-bond donors (Lipinski definition) is 2. The zero-order valence-electron chi connectivity index (χ0n) is 13.6. The Labute approximate surface area is 126 Å². The van der Waals surface area contributed by atoms with Crippen molar-refractivity contribution in [1.29, 1.82) is 0 Å². The van der Waals surface area contributed by atoms with Crippen LogP contribution in [0.3, 0.4) is 0 Å². The maximum Gasteiger partial charge on any atom is 0.248 e. The topological polar surface area (TPSA) is 85.9 Å². The zero-order valence-corrected chi connectivity index (χ0v) is 13.6. The van der Waals surface area contributed by atoms with Gasteiger partial charge in [0.2, 0.25) is 11.8 Å². The van der Waals surface area contributed by atoms with E-state index in [-0.39, 0.29) is 17.9 Å². The van der Waals surface area contributed by atoms with Crippen LogP contribution in [-0.4, -0.2) is 63.5 Å². The van der Waals surface area contributed by atoms with Crippen LogP contribution in [0.5, 0.6) is 0 Å². The summed E-state index contributed by atoms with van der Waals surface area (Å²) >= 11 is 0. The summed E-state index contributed by atoms with van der Waals surface area (Å²) in [5.41, 5.74) is 0. The first kappa shape index (κ1) is 19.8. The Morgan fingerprint density at radius 1 is 0.905 bits per heavy atom. The lowest BCUT2D eigenvalue weighted by Gasteiger charge is -2.19. The van der Waals surface area contributed by atoms with Gasteiger partial charge in [0.05, 0.1) is 6.10 Å². The van der Waals surface area contributed by atoms with E-state index < -0.39 is 12.2 Å². The van der Waals surface area contributed by atoms with Crippen LogP contribution in [0.4, 0.5) is 0 Å². The van der Waals surface area contributed by atoms with E-state index in [0.29, 0.717) is 26.3 Å². The number of amides is 2. The Morgan fingerprint density at radius 3 is 1.57 bits per heavy atom. The summed E-state index contributed by atoms with van der Waals surface area (Å²) in [6.07, 6.45) is -1.30. The summed E-state index contributed by atoms with van der Waals surface area (Å²) in [5, 5.41) is 5.45. The van der Waals surface area contributed by atoms with Crippen molar-refractivity contribution in [1.82, 2.24) is 10.6 Å². The van der Waals surface area contributed by atoms with E-state index in [1.54, 1.807) is 13.8 Å². The lowest BCUT2D eigenvalue weighted by molar-refractivity contribution is -0.132. The Bertz CT molecular complexity index is 284. The minimum atomic E-state index is -0.500. The quantitative estimate of drug-likeness (QED) is 0.565. The summed E-state index contributed by atoms with van der Waals surface area (Å²) < 4.78 is 15.6. The minimum Gasteiger partial charge on any atom is -0.378 e. The molecule has 7 heteroatoms. The van der Waals surface area contributed by atoms with E-state index in [9.17, 15) is 9.59 Å².